The van der Waals surface area contributed by atoms with E-state index in [1.165, 1.54) is 50.7 Å². The van der Waals surface area contributed by atoms with E-state index in [-0.39, 0.29) is 28.4 Å². The molecule has 0 fully saturated rings. The molecule has 2 N–H and O–H groups in total. The van der Waals surface area contributed by atoms with E-state index >= 15 is 0 Å². The van der Waals surface area contributed by atoms with Gasteiger partial charge in [0.2, 0.25) is 0 Å². The van der Waals surface area contributed by atoms with Crippen molar-refractivity contribution < 1.29 is 24.5 Å². The molecule has 2 aromatic rings. The van der Waals surface area contributed by atoms with Crippen molar-refractivity contribution in [2.24, 2.45) is 10.2 Å². The Labute approximate surface area is 143 Å². The van der Waals surface area contributed by atoms with Crippen molar-refractivity contribution in [3.8, 4) is 11.5 Å². The number of phenols is 2. The highest BCUT2D eigenvalue weighted by Gasteiger charge is 2.11. The molecule has 2 aromatic carbocycles. The maximum absolute atomic E-state index is 11.5. The highest BCUT2D eigenvalue weighted by molar-refractivity contribution is 5.98. The Kier molecular flexibility index (Phi) is 5.62. The van der Waals surface area contributed by atoms with Crippen LogP contribution in [0.4, 0.5) is 0 Å². The minimum atomic E-state index is -0.655. The summed E-state index contributed by atoms with van der Waals surface area (Å²) in [7, 11) is 1.22. The van der Waals surface area contributed by atoms with Crippen LogP contribution in [-0.4, -0.2) is 41.5 Å². The summed E-state index contributed by atoms with van der Waals surface area (Å²) in [4.78, 5) is 22.9. The lowest BCUT2D eigenvalue weighted by molar-refractivity contribution is 0.0597. The standard InChI is InChI=1S/C18H16N2O5/c1-11(21)14-7-12(3-5-16(14)22)9-19-20-10-13-4-6-17(23)15(8-13)18(24)25-2/h3-10,22-23H,1-2H3/b19-9+,20-10+. The molecule has 0 spiro atoms. The molecular formula is C18H16N2O5. The third-order valence-electron chi connectivity index (χ3n) is 3.31. The summed E-state index contributed by atoms with van der Waals surface area (Å²) in [5.41, 5.74) is 1.38. The van der Waals surface area contributed by atoms with E-state index in [1.807, 2.05) is 0 Å². The molecule has 0 saturated heterocycles. The van der Waals surface area contributed by atoms with Crippen LogP contribution in [0, 0.1) is 0 Å². The lowest BCUT2D eigenvalue weighted by atomic mass is 10.1. The van der Waals surface area contributed by atoms with E-state index in [0.29, 0.717) is 11.1 Å². The summed E-state index contributed by atoms with van der Waals surface area (Å²) in [6.07, 6.45) is 2.82. The summed E-state index contributed by atoms with van der Waals surface area (Å²) >= 11 is 0. The van der Waals surface area contributed by atoms with Crippen LogP contribution in [-0.2, 0) is 4.74 Å². The molecule has 128 valence electrons. The predicted molar refractivity (Wildman–Crippen MR) is 92.7 cm³/mol. The Morgan fingerprint density at radius 3 is 1.88 bits per heavy atom. The van der Waals surface area contributed by atoms with Gasteiger partial charge in [-0.1, -0.05) is 0 Å². The second kappa shape index (κ2) is 7.87. The number of hydrogen-bond acceptors (Lipinski definition) is 7. The summed E-state index contributed by atoms with van der Waals surface area (Å²) in [6.45, 7) is 1.36. The molecule has 0 aromatic heterocycles. The van der Waals surface area contributed by atoms with Gasteiger partial charge in [0.15, 0.2) is 5.78 Å². The number of rotatable bonds is 5. The number of esters is 1. The highest BCUT2D eigenvalue weighted by Crippen LogP contribution is 2.19. The summed E-state index contributed by atoms with van der Waals surface area (Å²) < 4.78 is 4.57. The average molecular weight is 340 g/mol. The molecule has 25 heavy (non-hydrogen) atoms. The van der Waals surface area contributed by atoms with Gasteiger partial charge in [-0.05, 0) is 54.4 Å². The van der Waals surface area contributed by atoms with Gasteiger partial charge >= 0.3 is 5.97 Å². The van der Waals surface area contributed by atoms with E-state index in [2.05, 4.69) is 14.9 Å². The number of ether oxygens (including phenoxy) is 1. The zero-order chi connectivity index (χ0) is 18.4. The van der Waals surface area contributed by atoms with Gasteiger partial charge in [0.05, 0.1) is 25.1 Å². The normalized spacial score (nSPS) is 11.1. The number of carbonyl (C=O) groups excluding carboxylic acids is 2. The minimum Gasteiger partial charge on any atom is -0.507 e. The number of methoxy groups -OCH3 is 1. The molecule has 0 bridgehead atoms. The second-order valence-corrected chi connectivity index (χ2v) is 5.09. The van der Waals surface area contributed by atoms with Gasteiger partial charge in [0.1, 0.15) is 17.1 Å². The number of hydrogen-bond donors (Lipinski definition) is 2. The van der Waals surface area contributed by atoms with Gasteiger partial charge in [0, 0.05) is 0 Å². The van der Waals surface area contributed by atoms with Crippen LogP contribution in [0.15, 0.2) is 46.6 Å². The Hall–Kier alpha value is -3.48. The Bertz CT molecular complexity index is 872. The molecule has 2 rings (SSSR count). The SMILES string of the molecule is COC(=O)c1cc(/C=N/N=C/c2ccc(O)c(C(C)=O)c2)ccc1O. The maximum atomic E-state index is 11.5. The third kappa shape index (κ3) is 4.51. The summed E-state index contributed by atoms with van der Waals surface area (Å²) in [5.74, 6) is -1.19. The Morgan fingerprint density at radius 1 is 0.920 bits per heavy atom. The lowest BCUT2D eigenvalue weighted by Gasteiger charge is -2.03. The van der Waals surface area contributed by atoms with Gasteiger partial charge in [-0.3, -0.25) is 4.79 Å². The number of phenolic OH excluding ortho intramolecular Hbond substituents is 2. The molecule has 0 unspecified atom stereocenters. The van der Waals surface area contributed by atoms with E-state index in [9.17, 15) is 19.8 Å². The van der Waals surface area contributed by atoms with Crippen LogP contribution in [0.2, 0.25) is 0 Å². The summed E-state index contributed by atoms with van der Waals surface area (Å²) in [6, 6.07) is 8.86. The molecule has 7 heteroatoms. The van der Waals surface area contributed by atoms with E-state index in [0.717, 1.165) is 0 Å². The number of carbonyl (C=O) groups is 2. The van der Waals surface area contributed by atoms with E-state index in [4.69, 9.17) is 0 Å². The minimum absolute atomic E-state index is 0.0278. The van der Waals surface area contributed by atoms with Crippen molar-refractivity contribution in [2.45, 2.75) is 6.92 Å². The number of benzene rings is 2. The average Bonchev–Trinajstić information content (AvgIpc) is 2.60. The predicted octanol–water partition coefficient (Wildman–Crippen LogP) is 2.54. The van der Waals surface area contributed by atoms with Crippen molar-refractivity contribution >= 4 is 24.2 Å². The fourth-order valence-corrected chi connectivity index (χ4v) is 2.02. The van der Waals surface area contributed by atoms with Gasteiger partial charge in [-0.15, -0.1) is 0 Å². The van der Waals surface area contributed by atoms with Crippen molar-refractivity contribution in [3.63, 3.8) is 0 Å². The van der Waals surface area contributed by atoms with E-state index in [1.54, 1.807) is 12.1 Å². The second-order valence-electron chi connectivity index (χ2n) is 5.09. The molecule has 0 heterocycles. The first-order valence-corrected chi connectivity index (χ1v) is 7.24. The van der Waals surface area contributed by atoms with Crippen LogP contribution in [0.25, 0.3) is 0 Å². The molecule has 0 radical (unpaired) electrons. The first kappa shape index (κ1) is 17.9. The van der Waals surface area contributed by atoms with Gasteiger partial charge in [-0.2, -0.15) is 10.2 Å². The molecule has 0 aliphatic rings. The van der Waals surface area contributed by atoms with Crippen LogP contribution in [0.1, 0.15) is 38.8 Å². The molecular weight excluding hydrogens is 324 g/mol. The van der Waals surface area contributed by atoms with Gasteiger partial charge in [-0.25, -0.2) is 4.79 Å². The Morgan fingerprint density at radius 2 is 1.40 bits per heavy atom. The molecule has 7 nitrogen and oxygen atoms in total. The zero-order valence-electron chi connectivity index (χ0n) is 13.6. The number of ketones is 1. The van der Waals surface area contributed by atoms with Crippen LogP contribution < -0.4 is 0 Å². The molecule has 0 atom stereocenters. The molecule has 0 aliphatic carbocycles. The number of Topliss-reactive ketones (excluding diaryl/α,β-unsaturated/α-hetero) is 1. The monoisotopic (exact) mass is 340 g/mol. The summed E-state index contributed by atoms with van der Waals surface area (Å²) in [5, 5.41) is 26.9. The zero-order valence-corrected chi connectivity index (χ0v) is 13.6. The van der Waals surface area contributed by atoms with Gasteiger partial charge in [0.25, 0.3) is 0 Å². The van der Waals surface area contributed by atoms with Crippen molar-refractivity contribution in [1.29, 1.82) is 0 Å². The van der Waals surface area contributed by atoms with Crippen molar-refractivity contribution in [2.75, 3.05) is 7.11 Å². The fourth-order valence-electron chi connectivity index (χ4n) is 2.02. The quantitative estimate of drug-likeness (QED) is 0.376. The van der Waals surface area contributed by atoms with Crippen molar-refractivity contribution in [1.82, 2.24) is 0 Å². The third-order valence-corrected chi connectivity index (χ3v) is 3.31. The van der Waals surface area contributed by atoms with Crippen LogP contribution in [0.5, 0.6) is 11.5 Å². The van der Waals surface area contributed by atoms with E-state index < -0.39 is 5.97 Å². The van der Waals surface area contributed by atoms with Crippen molar-refractivity contribution in [3.05, 3.63) is 58.7 Å². The number of nitrogens with zero attached hydrogens (tertiary/aromatic N) is 2. The molecule has 0 amide bonds. The molecule has 0 saturated carbocycles. The first-order valence-electron chi connectivity index (χ1n) is 7.24. The highest BCUT2D eigenvalue weighted by atomic mass is 16.5. The Balaban J connectivity index is 2.16. The topological polar surface area (TPSA) is 109 Å². The maximum Gasteiger partial charge on any atom is 0.341 e. The van der Waals surface area contributed by atoms with Gasteiger partial charge < -0.3 is 14.9 Å². The fraction of sp³-hybridized carbons (Fsp3) is 0.111. The first-order chi connectivity index (χ1) is 11.9. The molecule has 0 aliphatic heterocycles. The largest absolute Gasteiger partial charge is 0.507 e. The smallest absolute Gasteiger partial charge is 0.341 e. The number of aromatic hydroxyl groups is 2. The van der Waals surface area contributed by atoms with Crippen LogP contribution in [0.3, 0.4) is 0 Å². The lowest BCUT2D eigenvalue weighted by Crippen LogP contribution is -2.02. The van der Waals surface area contributed by atoms with Crippen LogP contribution >= 0.6 is 0 Å².